The summed E-state index contributed by atoms with van der Waals surface area (Å²) in [5.41, 5.74) is 0.734. The van der Waals surface area contributed by atoms with E-state index in [1.54, 1.807) is 11.9 Å². The standard InChI is InChI=1S/C20H23FN2O3S/c1-23(18-5-3-2-4-6-18)20(24)15-7-13-19(14-8-15)27(25,26)22-17-11-9-16(21)10-12-17/h7-14,18,22H,2-6H2,1H3. The van der Waals surface area contributed by atoms with Crippen LogP contribution in [0, 0.1) is 5.82 Å². The molecule has 1 aliphatic carbocycles. The number of amides is 1. The number of hydrogen-bond acceptors (Lipinski definition) is 3. The topological polar surface area (TPSA) is 66.5 Å². The van der Waals surface area contributed by atoms with Crippen molar-refractivity contribution in [3.8, 4) is 0 Å². The molecule has 7 heteroatoms. The Morgan fingerprint density at radius 1 is 1.00 bits per heavy atom. The van der Waals surface area contributed by atoms with Gasteiger partial charge in [-0.25, -0.2) is 12.8 Å². The summed E-state index contributed by atoms with van der Waals surface area (Å²) in [6.07, 6.45) is 5.50. The lowest BCUT2D eigenvalue weighted by Gasteiger charge is -2.31. The lowest BCUT2D eigenvalue weighted by Crippen LogP contribution is -2.38. The first-order valence-electron chi connectivity index (χ1n) is 9.02. The van der Waals surface area contributed by atoms with Crippen LogP contribution < -0.4 is 4.72 Å². The minimum Gasteiger partial charge on any atom is -0.339 e. The lowest BCUT2D eigenvalue weighted by molar-refractivity contribution is 0.0696. The minimum atomic E-state index is -3.81. The molecule has 0 unspecified atom stereocenters. The van der Waals surface area contributed by atoms with E-state index >= 15 is 0 Å². The largest absolute Gasteiger partial charge is 0.339 e. The fourth-order valence-corrected chi connectivity index (χ4v) is 4.41. The molecule has 1 amide bonds. The second-order valence-electron chi connectivity index (χ2n) is 6.84. The number of hydrogen-bond donors (Lipinski definition) is 1. The Morgan fingerprint density at radius 3 is 2.19 bits per heavy atom. The van der Waals surface area contributed by atoms with Gasteiger partial charge in [-0.05, 0) is 61.4 Å². The van der Waals surface area contributed by atoms with Gasteiger partial charge in [-0.1, -0.05) is 19.3 Å². The molecular formula is C20H23FN2O3S. The third-order valence-electron chi connectivity index (χ3n) is 4.95. The zero-order valence-electron chi connectivity index (χ0n) is 15.2. The fourth-order valence-electron chi connectivity index (χ4n) is 3.35. The molecule has 0 atom stereocenters. The Hall–Kier alpha value is -2.41. The molecule has 0 bridgehead atoms. The lowest BCUT2D eigenvalue weighted by atomic mass is 9.94. The zero-order chi connectivity index (χ0) is 19.4. The molecule has 0 radical (unpaired) electrons. The Labute approximate surface area is 159 Å². The van der Waals surface area contributed by atoms with Crippen LogP contribution in [0.25, 0.3) is 0 Å². The summed E-state index contributed by atoms with van der Waals surface area (Å²) in [5.74, 6) is -0.541. The van der Waals surface area contributed by atoms with Crippen LogP contribution in [0.5, 0.6) is 0 Å². The maximum absolute atomic E-state index is 12.9. The summed E-state index contributed by atoms with van der Waals surface area (Å²) in [7, 11) is -2.00. The quantitative estimate of drug-likeness (QED) is 0.838. The highest BCUT2D eigenvalue weighted by Crippen LogP contribution is 2.23. The summed E-state index contributed by atoms with van der Waals surface area (Å²) in [4.78, 5) is 14.5. The molecule has 27 heavy (non-hydrogen) atoms. The highest BCUT2D eigenvalue weighted by molar-refractivity contribution is 7.92. The van der Waals surface area contributed by atoms with E-state index in [4.69, 9.17) is 0 Å². The monoisotopic (exact) mass is 390 g/mol. The van der Waals surface area contributed by atoms with Gasteiger partial charge in [0, 0.05) is 24.3 Å². The molecule has 1 N–H and O–H groups in total. The van der Waals surface area contributed by atoms with Crippen molar-refractivity contribution in [1.29, 1.82) is 0 Å². The summed E-state index contributed by atoms with van der Waals surface area (Å²) in [5, 5.41) is 0. The number of rotatable bonds is 5. The normalized spacial score (nSPS) is 15.3. The third kappa shape index (κ3) is 4.66. The minimum absolute atomic E-state index is 0.0451. The second-order valence-corrected chi connectivity index (χ2v) is 8.53. The molecule has 0 saturated heterocycles. The van der Waals surface area contributed by atoms with E-state index in [1.165, 1.54) is 55.0 Å². The van der Waals surface area contributed by atoms with Crippen LogP contribution in [0.2, 0.25) is 0 Å². The number of nitrogens with one attached hydrogen (secondary N) is 1. The van der Waals surface area contributed by atoms with Crippen molar-refractivity contribution >= 4 is 21.6 Å². The first-order valence-corrected chi connectivity index (χ1v) is 10.5. The zero-order valence-corrected chi connectivity index (χ0v) is 16.0. The Bertz CT molecular complexity index is 890. The Morgan fingerprint density at radius 2 is 1.59 bits per heavy atom. The van der Waals surface area contributed by atoms with Gasteiger partial charge in [-0.2, -0.15) is 0 Å². The van der Waals surface area contributed by atoms with Gasteiger partial charge in [0.25, 0.3) is 15.9 Å². The second kappa shape index (κ2) is 8.08. The number of anilines is 1. The van der Waals surface area contributed by atoms with Crippen molar-refractivity contribution in [2.75, 3.05) is 11.8 Å². The van der Waals surface area contributed by atoms with Crippen LogP contribution in [-0.4, -0.2) is 32.3 Å². The highest BCUT2D eigenvalue weighted by atomic mass is 32.2. The van der Waals surface area contributed by atoms with Crippen molar-refractivity contribution in [2.24, 2.45) is 0 Å². The summed E-state index contributed by atoms with van der Waals surface area (Å²) < 4.78 is 40.2. The number of benzene rings is 2. The molecule has 2 aromatic rings. The van der Waals surface area contributed by atoms with Crippen LogP contribution in [0.3, 0.4) is 0 Å². The Kier molecular flexibility index (Phi) is 5.79. The highest BCUT2D eigenvalue weighted by Gasteiger charge is 2.23. The predicted molar refractivity (Wildman–Crippen MR) is 103 cm³/mol. The van der Waals surface area contributed by atoms with E-state index in [-0.39, 0.29) is 22.5 Å². The molecule has 1 saturated carbocycles. The van der Waals surface area contributed by atoms with Crippen LogP contribution in [0.4, 0.5) is 10.1 Å². The van der Waals surface area contributed by atoms with E-state index in [0.29, 0.717) is 5.56 Å². The van der Waals surface area contributed by atoms with Gasteiger partial charge in [-0.15, -0.1) is 0 Å². The predicted octanol–water partition coefficient (Wildman–Crippen LogP) is 4.03. The molecule has 0 aromatic heterocycles. The van der Waals surface area contributed by atoms with Crippen molar-refractivity contribution in [3.05, 3.63) is 59.9 Å². The molecule has 5 nitrogen and oxygen atoms in total. The summed E-state index contributed by atoms with van der Waals surface area (Å²) in [6.45, 7) is 0. The van der Waals surface area contributed by atoms with Crippen molar-refractivity contribution < 1.29 is 17.6 Å². The smallest absolute Gasteiger partial charge is 0.261 e. The molecule has 0 aliphatic heterocycles. The van der Waals surface area contributed by atoms with Gasteiger partial charge < -0.3 is 4.90 Å². The van der Waals surface area contributed by atoms with Crippen molar-refractivity contribution in [3.63, 3.8) is 0 Å². The van der Waals surface area contributed by atoms with Gasteiger partial charge >= 0.3 is 0 Å². The first-order chi connectivity index (χ1) is 12.9. The maximum Gasteiger partial charge on any atom is 0.261 e. The molecule has 2 aromatic carbocycles. The molecule has 0 spiro atoms. The number of nitrogens with zero attached hydrogens (tertiary/aromatic N) is 1. The van der Waals surface area contributed by atoms with Crippen LogP contribution >= 0.6 is 0 Å². The van der Waals surface area contributed by atoms with Crippen molar-refractivity contribution in [2.45, 2.75) is 43.0 Å². The van der Waals surface area contributed by atoms with E-state index in [9.17, 15) is 17.6 Å². The number of halogens is 1. The first kappa shape index (κ1) is 19.4. The average Bonchev–Trinajstić information content (AvgIpc) is 2.69. The van der Waals surface area contributed by atoms with Gasteiger partial charge in [0.15, 0.2) is 0 Å². The van der Waals surface area contributed by atoms with Crippen LogP contribution in [0.1, 0.15) is 42.5 Å². The van der Waals surface area contributed by atoms with E-state index in [0.717, 1.165) is 25.7 Å². The van der Waals surface area contributed by atoms with Gasteiger partial charge in [0.2, 0.25) is 0 Å². The van der Waals surface area contributed by atoms with Gasteiger partial charge in [0.05, 0.1) is 4.90 Å². The van der Waals surface area contributed by atoms with E-state index in [1.807, 2.05) is 0 Å². The van der Waals surface area contributed by atoms with Crippen molar-refractivity contribution in [1.82, 2.24) is 4.90 Å². The molecule has 1 aliphatic rings. The molecular weight excluding hydrogens is 367 g/mol. The molecule has 0 heterocycles. The van der Waals surface area contributed by atoms with E-state index < -0.39 is 15.8 Å². The molecule has 3 rings (SSSR count). The molecule has 1 fully saturated rings. The average molecular weight is 390 g/mol. The van der Waals surface area contributed by atoms with E-state index in [2.05, 4.69) is 4.72 Å². The number of carbonyl (C=O) groups is 1. The number of carbonyl (C=O) groups excluding carboxylic acids is 1. The molecule has 144 valence electrons. The third-order valence-corrected chi connectivity index (χ3v) is 6.35. The van der Waals surface area contributed by atoms with Gasteiger partial charge in [-0.3, -0.25) is 9.52 Å². The summed E-state index contributed by atoms with van der Waals surface area (Å²) in [6, 6.07) is 11.2. The number of sulfonamides is 1. The summed E-state index contributed by atoms with van der Waals surface area (Å²) >= 11 is 0. The maximum atomic E-state index is 12.9. The fraction of sp³-hybridized carbons (Fsp3) is 0.350. The van der Waals surface area contributed by atoms with Crippen LogP contribution in [-0.2, 0) is 10.0 Å². The van der Waals surface area contributed by atoms with Crippen LogP contribution in [0.15, 0.2) is 53.4 Å². The Balaban J connectivity index is 1.71. The SMILES string of the molecule is CN(C(=O)c1ccc(S(=O)(=O)Nc2ccc(F)cc2)cc1)C1CCCCC1. The van der Waals surface area contributed by atoms with Gasteiger partial charge in [0.1, 0.15) is 5.82 Å².